The number of nitrogens with zero attached hydrogens (tertiary/aromatic N) is 1. The molecule has 2 N–H and O–H groups in total. The van der Waals surface area contributed by atoms with E-state index in [0.717, 1.165) is 29.7 Å². The Morgan fingerprint density at radius 3 is 2.86 bits per heavy atom. The monoisotopic (exact) mass is 280 g/mol. The van der Waals surface area contributed by atoms with Crippen LogP contribution in [0.5, 0.6) is 0 Å². The van der Waals surface area contributed by atoms with Gasteiger partial charge in [0.25, 0.3) is 5.91 Å². The van der Waals surface area contributed by atoms with E-state index in [1.54, 1.807) is 0 Å². The highest BCUT2D eigenvalue weighted by atomic mass is 16.2. The number of hydrogen-bond acceptors (Lipinski definition) is 2. The van der Waals surface area contributed by atoms with E-state index in [1.165, 1.54) is 5.56 Å². The maximum absolute atomic E-state index is 12.9. The van der Waals surface area contributed by atoms with Crippen LogP contribution in [0, 0.1) is 0 Å². The molecule has 3 rings (SSSR count). The number of fused-ring (bicyclic) bond motifs is 1. The van der Waals surface area contributed by atoms with Gasteiger partial charge in [0.15, 0.2) is 0 Å². The lowest BCUT2D eigenvalue weighted by Crippen LogP contribution is -2.35. The summed E-state index contributed by atoms with van der Waals surface area (Å²) in [5, 5.41) is 0. The van der Waals surface area contributed by atoms with Crippen LogP contribution in [0.15, 0.2) is 48.5 Å². The van der Waals surface area contributed by atoms with Crippen LogP contribution in [0.3, 0.4) is 0 Å². The van der Waals surface area contributed by atoms with Crippen molar-refractivity contribution in [2.75, 3.05) is 11.4 Å². The lowest BCUT2D eigenvalue weighted by atomic mass is 10.1. The summed E-state index contributed by atoms with van der Waals surface area (Å²) in [6.07, 6.45) is 1.72. The summed E-state index contributed by atoms with van der Waals surface area (Å²) in [4.78, 5) is 14.8. The molecule has 108 valence electrons. The Morgan fingerprint density at radius 1 is 1.24 bits per heavy atom. The Balaban J connectivity index is 1.93. The largest absolute Gasteiger partial charge is 0.330 e. The summed E-state index contributed by atoms with van der Waals surface area (Å²) in [7, 11) is 0. The van der Waals surface area contributed by atoms with Crippen LogP contribution >= 0.6 is 0 Å². The fourth-order valence-electron chi connectivity index (χ4n) is 3.04. The first kappa shape index (κ1) is 13.8. The van der Waals surface area contributed by atoms with Crippen LogP contribution in [-0.2, 0) is 12.8 Å². The molecule has 2 aromatic carbocycles. The summed E-state index contributed by atoms with van der Waals surface area (Å²) >= 11 is 0. The molecule has 1 aliphatic heterocycles. The van der Waals surface area contributed by atoms with Gasteiger partial charge in [-0.2, -0.15) is 0 Å². The van der Waals surface area contributed by atoms with Crippen LogP contribution in [-0.4, -0.2) is 18.5 Å². The first-order valence-corrected chi connectivity index (χ1v) is 7.41. The van der Waals surface area contributed by atoms with E-state index in [4.69, 9.17) is 5.73 Å². The van der Waals surface area contributed by atoms with Crippen molar-refractivity contribution in [1.82, 2.24) is 0 Å². The molecule has 1 atom stereocenters. The van der Waals surface area contributed by atoms with E-state index in [0.29, 0.717) is 6.54 Å². The first-order valence-electron chi connectivity index (χ1n) is 7.41. The number of rotatable bonds is 3. The average molecular weight is 280 g/mol. The number of carbonyl (C=O) groups is 1. The smallest absolute Gasteiger partial charge is 0.258 e. The van der Waals surface area contributed by atoms with Crippen molar-refractivity contribution in [1.29, 1.82) is 0 Å². The minimum absolute atomic E-state index is 0.0753. The van der Waals surface area contributed by atoms with E-state index in [-0.39, 0.29) is 11.9 Å². The van der Waals surface area contributed by atoms with Gasteiger partial charge in [0, 0.05) is 17.3 Å². The summed E-state index contributed by atoms with van der Waals surface area (Å²) in [6.45, 7) is 2.70. The quantitative estimate of drug-likeness (QED) is 0.939. The van der Waals surface area contributed by atoms with E-state index in [2.05, 4.69) is 13.0 Å². The van der Waals surface area contributed by atoms with E-state index in [1.807, 2.05) is 47.4 Å². The molecule has 0 bridgehead atoms. The molecule has 0 saturated heterocycles. The van der Waals surface area contributed by atoms with E-state index < -0.39 is 0 Å². The van der Waals surface area contributed by atoms with Crippen molar-refractivity contribution in [2.24, 2.45) is 5.73 Å². The van der Waals surface area contributed by atoms with Gasteiger partial charge in [0.05, 0.1) is 0 Å². The van der Waals surface area contributed by atoms with Gasteiger partial charge in [-0.05, 0) is 55.6 Å². The second-order valence-electron chi connectivity index (χ2n) is 5.60. The highest BCUT2D eigenvalue weighted by Crippen LogP contribution is 2.33. The number of amides is 1. The summed E-state index contributed by atoms with van der Waals surface area (Å²) in [5.41, 5.74) is 9.74. The van der Waals surface area contributed by atoms with Crippen LogP contribution in [0.25, 0.3) is 0 Å². The van der Waals surface area contributed by atoms with Crippen molar-refractivity contribution in [3.05, 3.63) is 65.2 Å². The van der Waals surface area contributed by atoms with Gasteiger partial charge in [-0.3, -0.25) is 4.79 Å². The van der Waals surface area contributed by atoms with Crippen LogP contribution in [0.1, 0.15) is 28.4 Å². The van der Waals surface area contributed by atoms with Crippen molar-refractivity contribution in [3.63, 3.8) is 0 Å². The molecule has 0 saturated carbocycles. The molecule has 1 amide bonds. The second kappa shape index (κ2) is 5.70. The zero-order valence-electron chi connectivity index (χ0n) is 12.3. The standard InChI is InChI=1S/C18H20N2O/c1-13-11-15-6-2-3-8-17(15)20(13)18(21)16-7-4-5-14(12-16)9-10-19/h2-8,12-13H,9-11,19H2,1H3. The highest BCUT2D eigenvalue weighted by Gasteiger charge is 2.31. The summed E-state index contributed by atoms with van der Waals surface area (Å²) in [5.74, 6) is 0.0753. The van der Waals surface area contributed by atoms with E-state index in [9.17, 15) is 4.79 Å². The molecule has 0 radical (unpaired) electrons. The molecule has 2 aromatic rings. The SMILES string of the molecule is CC1Cc2ccccc2N1C(=O)c1cccc(CCN)c1. The Kier molecular flexibility index (Phi) is 3.76. The second-order valence-corrected chi connectivity index (χ2v) is 5.60. The number of hydrogen-bond donors (Lipinski definition) is 1. The lowest BCUT2D eigenvalue weighted by Gasteiger charge is -2.23. The molecule has 1 aliphatic rings. The summed E-state index contributed by atoms with van der Waals surface area (Å²) < 4.78 is 0. The van der Waals surface area contributed by atoms with Crippen molar-refractivity contribution in [2.45, 2.75) is 25.8 Å². The molecule has 0 spiro atoms. The van der Waals surface area contributed by atoms with Crippen molar-refractivity contribution >= 4 is 11.6 Å². The average Bonchev–Trinajstić information content (AvgIpc) is 2.83. The zero-order valence-corrected chi connectivity index (χ0v) is 12.3. The van der Waals surface area contributed by atoms with Gasteiger partial charge in [0.2, 0.25) is 0 Å². The highest BCUT2D eigenvalue weighted by molar-refractivity contribution is 6.07. The number of para-hydroxylation sites is 1. The minimum Gasteiger partial charge on any atom is -0.330 e. The van der Waals surface area contributed by atoms with Crippen LogP contribution in [0.2, 0.25) is 0 Å². The topological polar surface area (TPSA) is 46.3 Å². The van der Waals surface area contributed by atoms with Crippen LogP contribution in [0.4, 0.5) is 5.69 Å². The van der Waals surface area contributed by atoms with Crippen molar-refractivity contribution < 1.29 is 4.79 Å². The predicted molar refractivity (Wildman–Crippen MR) is 85.6 cm³/mol. The normalized spacial score (nSPS) is 16.9. The molecule has 0 fully saturated rings. The minimum atomic E-state index is 0.0753. The molecular formula is C18H20N2O. The number of anilines is 1. The lowest BCUT2D eigenvalue weighted by molar-refractivity contribution is 0.0981. The van der Waals surface area contributed by atoms with Gasteiger partial charge < -0.3 is 10.6 Å². The summed E-state index contributed by atoms with van der Waals surface area (Å²) in [6, 6.07) is 16.1. The molecular weight excluding hydrogens is 260 g/mol. The van der Waals surface area contributed by atoms with Gasteiger partial charge in [0.1, 0.15) is 0 Å². The number of carbonyl (C=O) groups excluding carboxylic acids is 1. The van der Waals surface area contributed by atoms with Gasteiger partial charge >= 0.3 is 0 Å². The van der Waals surface area contributed by atoms with Crippen molar-refractivity contribution in [3.8, 4) is 0 Å². The molecule has 1 unspecified atom stereocenters. The predicted octanol–water partition coefficient (Wildman–Crippen LogP) is 2.78. The van der Waals surface area contributed by atoms with Crippen LogP contribution < -0.4 is 10.6 Å². The maximum atomic E-state index is 12.9. The number of nitrogens with two attached hydrogens (primary N) is 1. The zero-order chi connectivity index (χ0) is 14.8. The first-order chi connectivity index (χ1) is 10.2. The molecule has 0 aromatic heterocycles. The Labute approximate surface area is 125 Å². The third-order valence-corrected chi connectivity index (χ3v) is 4.03. The molecule has 3 heteroatoms. The fraction of sp³-hybridized carbons (Fsp3) is 0.278. The number of benzene rings is 2. The molecule has 3 nitrogen and oxygen atoms in total. The Bertz CT molecular complexity index is 666. The van der Waals surface area contributed by atoms with E-state index >= 15 is 0 Å². The Morgan fingerprint density at radius 2 is 2.05 bits per heavy atom. The molecule has 21 heavy (non-hydrogen) atoms. The van der Waals surface area contributed by atoms with Gasteiger partial charge in [-0.1, -0.05) is 30.3 Å². The molecule has 1 heterocycles. The van der Waals surface area contributed by atoms with Gasteiger partial charge in [-0.15, -0.1) is 0 Å². The maximum Gasteiger partial charge on any atom is 0.258 e. The third kappa shape index (κ3) is 2.57. The third-order valence-electron chi connectivity index (χ3n) is 4.03. The molecule has 0 aliphatic carbocycles. The Hall–Kier alpha value is -2.13. The van der Waals surface area contributed by atoms with Gasteiger partial charge in [-0.25, -0.2) is 0 Å². The fourth-order valence-corrected chi connectivity index (χ4v) is 3.04.